The number of carbonyl (C=O) groups excluding carboxylic acids is 1. The average Bonchev–Trinajstić information content (AvgIpc) is 2.77. The number of hydrogen-bond donors (Lipinski definition) is 0. The summed E-state index contributed by atoms with van der Waals surface area (Å²) in [4.78, 5) is 13.8. The van der Waals surface area contributed by atoms with E-state index in [0.29, 0.717) is 25.5 Å². The molecule has 1 amide bonds. The third-order valence-corrected chi connectivity index (χ3v) is 3.56. The summed E-state index contributed by atoms with van der Waals surface area (Å²) in [5.41, 5.74) is 1.18. The summed E-state index contributed by atoms with van der Waals surface area (Å²) < 4.78 is 10.4. The van der Waals surface area contributed by atoms with Crippen molar-refractivity contribution in [2.24, 2.45) is 5.92 Å². The van der Waals surface area contributed by atoms with Crippen molar-refractivity contribution in [2.45, 2.75) is 12.8 Å². The number of nitrogens with zero attached hydrogens (tertiary/aromatic N) is 1. The van der Waals surface area contributed by atoms with E-state index in [1.165, 1.54) is 5.56 Å². The molecule has 19 heavy (non-hydrogen) atoms. The highest BCUT2D eigenvalue weighted by Gasteiger charge is 2.29. The van der Waals surface area contributed by atoms with Crippen molar-refractivity contribution in [3.63, 3.8) is 0 Å². The van der Waals surface area contributed by atoms with Crippen LogP contribution in [0.5, 0.6) is 5.75 Å². The van der Waals surface area contributed by atoms with Gasteiger partial charge in [-0.1, -0.05) is 18.2 Å². The summed E-state index contributed by atoms with van der Waals surface area (Å²) in [7, 11) is 3.34. The molecular weight excluding hydrogens is 242 g/mol. The van der Waals surface area contributed by atoms with Crippen LogP contribution in [0.4, 0.5) is 0 Å². The van der Waals surface area contributed by atoms with Gasteiger partial charge in [0.1, 0.15) is 5.75 Å². The van der Waals surface area contributed by atoms with Crippen molar-refractivity contribution in [3.8, 4) is 5.75 Å². The smallest absolute Gasteiger partial charge is 0.223 e. The predicted octanol–water partition coefficient (Wildman–Crippen LogP) is 1.73. The van der Waals surface area contributed by atoms with Gasteiger partial charge >= 0.3 is 0 Å². The zero-order valence-electron chi connectivity index (χ0n) is 11.6. The van der Waals surface area contributed by atoms with E-state index in [0.717, 1.165) is 18.7 Å². The molecule has 1 aromatic rings. The predicted molar refractivity (Wildman–Crippen MR) is 73.3 cm³/mol. The maximum absolute atomic E-state index is 11.9. The molecule has 4 nitrogen and oxygen atoms in total. The van der Waals surface area contributed by atoms with Crippen LogP contribution in [0.15, 0.2) is 24.3 Å². The number of amides is 1. The second-order valence-electron chi connectivity index (χ2n) is 4.92. The maximum atomic E-state index is 11.9. The van der Waals surface area contributed by atoms with Crippen molar-refractivity contribution >= 4 is 5.91 Å². The van der Waals surface area contributed by atoms with Crippen LogP contribution < -0.4 is 4.74 Å². The monoisotopic (exact) mass is 263 g/mol. The topological polar surface area (TPSA) is 38.8 Å². The largest absolute Gasteiger partial charge is 0.496 e. The number of para-hydroxylation sites is 1. The Hall–Kier alpha value is -1.55. The van der Waals surface area contributed by atoms with Crippen molar-refractivity contribution in [1.82, 2.24) is 4.90 Å². The Kier molecular flexibility index (Phi) is 4.80. The molecule has 1 unspecified atom stereocenters. The SMILES string of the molecule is COCCN1CC(Cc2ccccc2OC)CC1=O. The lowest BCUT2D eigenvalue weighted by molar-refractivity contribution is -0.128. The Morgan fingerprint density at radius 2 is 2.11 bits per heavy atom. The summed E-state index contributed by atoms with van der Waals surface area (Å²) in [6.45, 7) is 2.12. The fourth-order valence-corrected chi connectivity index (χ4v) is 2.59. The molecule has 1 aromatic carbocycles. The number of hydrogen-bond acceptors (Lipinski definition) is 3. The molecule has 0 spiro atoms. The first-order valence-electron chi connectivity index (χ1n) is 6.63. The lowest BCUT2D eigenvalue weighted by atomic mass is 9.98. The van der Waals surface area contributed by atoms with Gasteiger partial charge in [0.2, 0.25) is 5.91 Å². The molecule has 1 atom stereocenters. The number of benzene rings is 1. The van der Waals surface area contributed by atoms with Crippen LogP contribution in [0, 0.1) is 5.92 Å². The number of rotatable bonds is 6. The third kappa shape index (κ3) is 3.47. The van der Waals surface area contributed by atoms with Crippen LogP contribution in [-0.4, -0.2) is 44.7 Å². The minimum Gasteiger partial charge on any atom is -0.496 e. The standard InChI is InChI=1S/C15H21NO3/c1-18-8-7-16-11-12(10-15(16)17)9-13-5-3-4-6-14(13)19-2/h3-6,12H,7-11H2,1-2H3. The van der Waals surface area contributed by atoms with Gasteiger partial charge in [-0.3, -0.25) is 4.79 Å². The molecule has 0 saturated carbocycles. The molecule has 1 heterocycles. The normalized spacial score (nSPS) is 18.9. The zero-order valence-corrected chi connectivity index (χ0v) is 11.6. The molecule has 0 N–H and O–H groups in total. The van der Waals surface area contributed by atoms with Crippen LogP contribution >= 0.6 is 0 Å². The molecule has 1 fully saturated rings. The van der Waals surface area contributed by atoms with Crippen molar-refractivity contribution in [2.75, 3.05) is 33.9 Å². The number of likely N-dealkylation sites (tertiary alicyclic amines) is 1. The third-order valence-electron chi connectivity index (χ3n) is 3.56. The quantitative estimate of drug-likeness (QED) is 0.784. The summed E-state index contributed by atoms with van der Waals surface area (Å²) >= 11 is 0. The van der Waals surface area contributed by atoms with E-state index in [9.17, 15) is 4.79 Å². The van der Waals surface area contributed by atoms with Crippen LogP contribution in [0.2, 0.25) is 0 Å². The second kappa shape index (κ2) is 6.57. The van der Waals surface area contributed by atoms with Crippen LogP contribution in [0.3, 0.4) is 0 Å². The average molecular weight is 263 g/mol. The molecule has 0 aliphatic carbocycles. The lowest BCUT2D eigenvalue weighted by Gasteiger charge is -2.16. The van der Waals surface area contributed by atoms with Gasteiger partial charge in [0, 0.05) is 26.6 Å². The molecule has 1 saturated heterocycles. The summed E-state index contributed by atoms with van der Waals surface area (Å²) in [6, 6.07) is 8.01. The summed E-state index contributed by atoms with van der Waals surface area (Å²) in [5.74, 6) is 1.52. The molecule has 0 bridgehead atoms. The van der Waals surface area contributed by atoms with Gasteiger partial charge in [0.25, 0.3) is 0 Å². The van der Waals surface area contributed by atoms with Crippen molar-refractivity contribution in [1.29, 1.82) is 0 Å². The number of carbonyl (C=O) groups is 1. The van der Waals surface area contributed by atoms with Crippen molar-refractivity contribution < 1.29 is 14.3 Å². The minimum atomic E-state index is 0.233. The molecular formula is C15H21NO3. The number of ether oxygens (including phenoxy) is 2. The van der Waals surface area contributed by atoms with Gasteiger partial charge in [0.05, 0.1) is 13.7 Å². The fraction of sp³-hybridized carbons (Fsp3) is 0.533. The van der Waals surface area contributed by atoms with E-state index < -0.39 is 0 Å². The van der Waals surface area contributed by atoms with Crippen LogP contribution in [0.1, 0.15) is 12.0 Å². The lowest BCUT2D eigenvalue weighted by Crippen LogP contribution is -2.28. The molecule has 104 valence electrons. The van der Waals surface area contributed by atoms with E-state index in [1.807, 2.05) is 23.1 Å². The second-order valence-corrected chi connectivity index (χ2v) is 4.92. The first kappa shape index (κ1) is 13.9. The Bertz CT molecular complexity index is 433. The Labute approximate surface area is 114 Å². The van der Waals surface area contributed by atoms with Gasteiger partial charge in [-0.2, -0.15) is 0 Å². The van der Waals surface area contributed by atoms with Gasteiger partial charge in [-0.15, -0.1) is 0 Å². The molecule has 2 rings (SSSR count). The molecule has 0 aromatic heterocycles. The first-order chi connectivity index (χ1) is 9.24. The van der Waals surface area contributed by atoms with Crippen molar-refractivity contribution in [3.05, 3.63) is 29.8 Å². The highest BCUT2D eigenvalue weighted by atomic mass is 16.5. The van der Waals surface area contributed by atoms with Gasteiger partial charge in [0.15, 0.2) is 0 Å². The van der Waals surface area contributed by atoms with Crippen LogP contribution in [0.25, 0.3) is 0 Å². The molecule has 4 heteroatoms. The minimum absolute atomic E-state index is 0.233. The summed E-state index contributed by atoms with van der Waals surface area (Å²) in [5, 5.41) is 0. The zero-order chi connectivity index (χ0) is 13.7. The maximum Gasteiger partial charge on any atom is 0.223 e. The van der Waals surface area contributed by atoms with E-state index in [2.05, 4.69) is 6.07 Å². The highest BCUT2D eigenvalue weighted by molar-refractivity contribution is 5.78. The molecule has 1 aliphatic rings. The summed E-state index contributed by atoms with van der Waals surface area (Å²) in [6.07, 6.45) is 1.51. The molecule has 1 aliphatic heterocycles. The van der Waals surface area contributed by atoms with Gasteiger partial charge in [-0.05, 0) is 24.0 Å². The van der Waals surface area contributed by atoms with Crippen LogP contribution in [-0.2, 0) is 16.0 Å². The Balaban J connectivity index is 1.95. The number of methoxy groups -OCH3 is 2. The fourth-order valence-electron chi connectivity index (χ4n) is 2.59. The van der Waals surface area contributed by atoms with E-state index in [-0.39, 0.29) is 5.91 Å². The van der Waals surface area contributed by atoms with Gasteiger partial charge in [-0.25, -0.2) is 0 Å². The Morgan fingerprint density at radius 3 is 2.84 bits per heavy atom. The highest BCUT2D eigenvalue weighted by Crippen LogP contribution is 2.26. The van der Waals surface area contributed by atoms with E-state index in [1.54, 1.807) is 14.2 Å². The first-order valence-corrected chi connectivity index (χ1v) is 6.63. The van der Waals surface area contributed by atoms with E-state index in [4.69, 9.17) is 9.47 Å². The Morgan fingerprint density at radius 1 is 1.32 bits per heavy atom. The molecule has 0 radical (unpaired) electrons. The van der Waals surface area contributed by atoms with Gasteiger partial charge < -0.3 is 14.4 Å². The van der Waals surface area contributed by atoms with E-state index >= 15 is 0 Å².